The van der Waals surface area contributed by atoms with Crippen molar-refractivity contribution in [2.24, 2.45) is 0 Å². The lowest BCUT2D eigenvalue weighted by Crippen LogP contribution is -2.43. The molecule has 1 aliphatic rings. The van der Waals surface area contributed by atoms with Gasteiger partial charge in [-0.25, -0.2) is 4.98 Å². The monoisotopic (exact) mass is 299 g/mol. The number of carbonyl (C=O) groups is 3. The second kappa shape index (κ2) is 5.68. The Labute approximate surface area is 125 Å². The average Bonchev–Trinajstić information content (AvgIpc) is 2.95. The van der Waals surface area contributed by atoms with Crippen molar-refractivity contribution in [2.45, 2.75) is 12.5 Å². The topological polar surface area (TPSA) is 116 Å². The number of anilines is 2. The van der Waals surface area contributed by atoms with Gasteiger partial charge >= 0.3 is 0 Å². The van der Waals surface area contributed by atoms with Crippen molar-refractivity contribution >= 4 is 29.4 Å². The number of aromatic nitrogens is 2. The predicted molar refractivity (Wildman–Crippen MR) is 78.2 cm³/mol. The van der Waals surface area contributed by atoms with Gasteiger partial charge in [0.25, 0.3) is 5.91 Å². The van der Waals surface area contributed by atoms with E-state index in [1.165, 1.54) is 6.20 Å². The third-order valence-corrected chi connectivity index (χ3v) is 3.20. The van der Waals surface area contributed by atoms with Crippen LogP contribution in [-0.2, 0) is 9.59 Å². The van der Waals surface area contributed by atoms with Crippen LogP contribution in [0.2, 0.25) is 0 Å². The zero-order chi connectivity index (χ0) is 15.5. The number of hydrogen-bond acceptors (Lipinski definition) is 4. The molecule has 0 saturated carbocycles. The van der Waals surface area contributed by atoms with E-state index in [4.69, 9.17) is 0 Å². The molecule has 0 fully saturated rings. The molecular weight excluding hydrogens is 286 g/mol. The van der Waals surface area contributed by atoms with Gasteiger partial charge in [-0.1, -0.05) is 12.1 Å². The van der Waals surface area contributed by atoms with Crippen LogP contribution in [0.3, 0.4) is 0 Å². The maximum absolute atomic E-state index is 12.1. The molecule has 2 heterocycles. The molecule has 112 valence electrons. The van der Waals surface area contributed by atoms with Crippen LogP contribution in [0.15, 0.2) is 36.7 Å². The number of amides is 3. The molecule has 8 heteroatoms. The first-order chi connectivity index (χ1) is 10.6. The van der Waals surface area contributed by atoms with Crippen molar-refractivity contribution in [3.63, 3.8) is 0 Å². The molecule has 1 aromatic carbocycles. The van der Waals surface area contributed by atoms with E-state index in [9.17, 15) is 14.4 Å². The minimum absolute atomic E-state index is 0.188. The number of imidazole rings is 1. The Morgan fingerprint density at radius 1 is 1.27 bits per heavy atom. The predicted octanol–water partition coefficient (Wildman–Crippen LogP) is 0.489. The molecule has 0 unspecified atom stereocenters. The summed E-state index contributed by atoms with van der Waals surface area (Å²) in [5, 5.41) is 7.70. The molecule has 3 amide bonds. The van der Waals surface area contributed by atoms with E-state index in [2.05, 4.69) is 25.9 Å². The van der Waals surface area contributed by atoms with Gasteiger partial charge < -0.3 is 15.6 Å². The lowest BCUT2D eigenvalue weighted by Gasteiger charge is -2.13. The van der Waals surface area contributed by atoms with E-state index in [-0.39, 0.29) is 12.4 Å². The third-order valence-electron chi connectivity index (χ3n) is 3.20. The second-order valence-electron chi connectivity index (χ2n) is 4.75. The van der Waals surface area contributed by atoms with Crippen LogP contribution >= 0.6 is 0 Å². The fourth-order valence-electron chi connectivity index (χ4n) is 2.16. The zero-order valence-electron chi connectivity index (χ0n) is 11.4. The quantitative estimate of drug-likeness (QED) is 0.660. The van der Waals surface area contributed by atoms with Gasteiger partial charge in [0.1, 0.15) is 6.04 Å². The first-order valence-corrected chi connectivity index (χ1v) is 6.63. The van der Waals surface area contributed by atoms with Gasteiger partial charge in [-0.15, -0.1) is 0 Å². The highest BCUT2D eigenvalue weighted by Gasteiger charge is 2.29. The van der Waals surface area contributed by atoms with Crippen LogP contribution in [0.4, 0.5) is 11.6 Å². The molecule has 1 aliphatic heterocycles. The van der Waals surface area contributed by atoms with E-state index in [1.54, 1.807) is 30.5 Å². The molecule has 4 N–H and O–H groups in total. The van der Waals surface area contributed by atoms with E-state index in [0.29, 0.717) is 11.3 Å². The van der Waals surface area contributed by atoms with Crippen LogP contribution in [0.5, 0.6) is 0 Å². The molecule has 0 radical (unpaired) electrons. The third kappa shape index (κ3) is 2.80. The molecule has 0 bridgehead atoms. The molecule has 0 spiro atoms. The van der Waals surface area contributed by atoms with Crippen molar-refractivity contribution < 1.29 is 14.4 Å². The van der Waals surface area contributed by atoms with Gasteiger partial charge in [0.05, 0.1) is 17.7 Å². The summed E-state index contributed by atoms with van der Waals surface area (Å²) in [5.74, 6) is -0.979. The number of carbonyl (C=O) groups excluding carboxylic acids is 3. The van der Waals surface area contributed by atoms with Crippen molar-refractivity contribution in [3.05, 3.63) is 42.2 Å². The lowest BCUT2D eigenvalue weighted by molar-refractivity contribution is -0.122. The van der Waals surface area contributed by atoms with Gasteiger partial charge in [0.15, 0.2) is 0 Å². The Morgan fingerprint density at radius 2 is 2.09 bits per heavy atom. The molecule has 0 aliphatic carbocycles. The Bertz CT molecular complexity index is 726. The number of fused-ring (bicyclic) bond motifs is 1. The molecule has 0 saturated heterocycles. The molecule has 2 aromatic rings. The van der Waals surface area contributed by atoms with Crippen molar-refractivity contribution in [1.82, 2.24) is 15.3 Å². The van der Waals surface area contributed by atoms with Crippen molar-refractivity contribution in [3.8, 4) is 0 Å². The summed E-state index contributed by atoms with van der Waals surface area (Å²) in [4.78, 5) is 42.7. The average molecular weight is 299 g/mol. The van der Waals surface area contributed by atoms with Crippen molar-refractivity contribution in [2.75, 3.05) is 10.6 Å². The van der Waals surface area contributed by atoms with Gasteiger partial charge in [0, 0.05) is 12.4 Å². The van der Waals surface area contributed by atoms with Crippen LogP contribution < -0.4 is 16.0 Å². The fraction of sp³-hybridized carbons (Fsp3) is 0.143. The SMILES string of the molecule is O=C(C[C@@H]1NC(=O)c2ccccc2NC1=O)Nc1ncc[nH]1. The highest BCUT2D eigenvalue weighted by atomic mass is 16.2. The van der Waals surface area contributed by atoms with E-state index in [0.717, 1.165) is 0 Å². The van der Waals surface area contributed by atoms with Gasteiger partial charge in [-0.3, -0.25) is 19.7 Å². The minimum Gasteiger partial charge on any atom is -0.340 e. The number of H-pyrrole nitrogens is 1. The molecular formula is C14H13N5O3. The standard InChI is InChI=1S/C14H13N5O3/c20-11(19-14-15-5-6-16-14)7-10-13(22)17-9-4-2-1-3-8(9)12(21)18-10/h1-6,10H,7H2,(H,17,22)(H,18,21)(H2,15,16,19,20)/t10-/m0/s1. The highest BCUT2D eigenvalue weighted by Crippen LogP contribution is 2.18. The summed E-state index contributed by atoms with van der Waals surface area (Å²) in [7, 11) is 0. The number of benzene rings is 1. The number of hydrogen-bond donors (Lipinski definition) is 4. The van der Waals surface area contributed by atoms with E-state index >= 15 is 0 Å². The molecule has 1 aromatic heterocycles. The van der Waals surface area contributed by atoms with Crippen molar-refractivity contribution in [1.29, 1.82) is 0 Å². The summed E-state index contributed by atoms with van der Waals surface area (Å²) in [5.41, 5.74) is 0.795. The van der Waals surface area contributed by atoms with Crippen LogP contribution in [0.1, 0.15) is 16.8 Å². The van der Waals surface area contributed by atoms with Gasteiger partial charge in [0.2, 0.25) is 17.8 Å². The van der Waals surface area contributed by atoms with Gasteiger partial charge in [-0.2, -0.15) is 0 Å². The van der Waals surface area contributed by atoms with Crippen LogP contribution in [-0.4, -0.2) is 33.7 Å². The second-order valence-corrected chi connectivity index (χ2v) is 4.75. The molecule has 8 nitrogen and oxygen atoms in total. The number of para-hydroxylation sites is 1. The summed E-state index contributed by atoms with van der Waals surface area (Å²) in [6.45, 7) is 0. The first kappa shape index (κ1) is 13.8. The smallest absolute Gasteiger partial charge is 0.254 e. The lowest BCUT2D eigenvalue weighted by atomic mass is 10.1. The van der Waals surface area contributed by atoms with E-state index < -0.39 is 23.8 Å². The molecule has 3 rings (SSSR count). The van der Waals surface area contributed by atoms with Gasteiger partial charge in [-0.05, 0) is 12.1 Å². The summed E-state index contributed by atoms with van der Waals surface area (Å²) < 4.78 is 0. The Morgan fingerprint density at radius 3 is 2.86 bits per heavy atom. The van der Waals surface area contributed by atoms with Crippen LogP contribution in [0, 0.1) is 0 Å². The summed E-state index contributed by atoms with van der Waals surface area (Å²) >= 11 is 0. The molecule has 22 heavy (non-hydrogen) atoms. The molecule has 1 atom stereocenters. The minimum atomic E-state index is -0.949. The fourth-order valence-corrected chi connectivity index (χ4v) is 2.16. The van der Waals surface area contributed by atoms with Crippen LogP contribution in [0.25, 0.3) is 0 Å². The highest BCUT2D eigenvalue weighted by molar-refractivity contribution is 6.11. The maximum Gasteiger partial charge on any atom is 0.254 e. The number of nitrogens with one attached hydrogen (secondary N) is 4. The Kier molecular flexibility index (Phi) is 3.57. The number of nitrogens with zero attached hydrogens (tertiary/aromatic N) is 1. The maximum atomic E-state index is 12.1. The summed E-state index contributed by atoms with van der Waals surface area (Å²) in [6, 6.07) is 5.72. The largest absolute Gasteiger partial charge is 0.340 e. The summed E-state index contributed by atoms with van der Waals surface area (Å²) in [6.07, 6.45) is 2.87. The number of aromatic amines is 1. The first-order valence-electron chi connectivity index (χ1n) is 6.63. The Balaban J connectivity index is 1.71. The zero-order valence-corrected chi connectivity index (χ0v) is 11.4. The number of rotatable bonds is 3. The van der Waals surface area contributed by atoms with E-state index in [1.807, 2.05) is 0 Å². The Hall–Kier alpha value is -3.16. The normalized spacial score (nSPS) is 17.0.